The van der Waals surface area contributed by atoms with Crippen LogP contribution < -0.4 is 0 Å². The summed E-state index contributed by atoms with van der Waals surface area (Å²) < 4.78 is 0. The predicted molar refractivity (Wildman–Crippen MR) is 106 cm³/mol. The van der Waals surface area contributed by atoms with Crippen LogP contribution in [-0.2, 0) is 6.54 Å². The summed E-state index contributed by atoms with van der Waals surface area (Å²) in [7, 11) is 0. The van der Waals surface area contributed by atoms with E-state index in [1.165, 1.54) is 39.2 Å². The first kappa shape index (κ1) is 16.0. The van der Waals surface area contributed by atoms with Crippen molar-refractivity contribution in [2.75, 3.05) is 0 Å². The van der Waals surface area contributed by atoms with Gasteiger partial charge in [0.25, 0.3) is 5.69 Å². The zero-order chi connectivity index (χ0) is 17.9. The van der Waals surface area contributed by atoms with Gasteiger partial charge in [0.15, 0.2) is 0 Å². The minimum absolute atomic E-state index is 0.0854. The fourth-order valence-corrected chi connectivity index (χ4v) is 3.20. The molecule has 0 unspecified atom stereocenters. The molecule has 4 nitrogen and oxygen atoms in total. The largest absolute Gasteiger partial charge is 0.288 e. The number of non-ortho nitro benzene ring substituents is 1. The zero-order valence-corrected chi connectivity index (χ0v) is 14.0. The lowest BCUT2D eigenvalue weighted by atomic mass is 9.97. The molecule has 0 heterocycles. The first-order valence-corrected chi connectivity index (χ1v) is 8.36. The van der Waals surface area contributed by atoms with Crippen LogP contribution in [0.4, 0.5) is 5.69 Å². The van der Waals surface area contributed by atoms with Crippen LogP contribution >= 0.6 is 0 Å². The third-order valence-corrected chi connectivity index (χ3v) is 4.48. The van der Waals surface area contributed by atoms with Crippen LogP contribution in [0.2, 0.25) is 0 Å². The van der Waals surface area contributed by atoms with Crippen LogP contribution in [0.5, 0.6) is 0 Å². The molecular formula is C22H16N2O2. The molecule has 0 saturated heterocycles. The van der Waals surface area contributed by atoms with Crippen molar-refractivity contribution in [1.29, 1.82) is 0 Å². The van der Waals surface area contributed by atoms with Crippen molar-refractivity contribution in [2.24, 2.45) is 4.99 Å². The van der Waals surface area contributed by atoms with Gasteiger partial charge in [-0.3, -0.25) is 15.1 Å². The molecule has 0 atom stereocenters. The summed E-state index contributed by atoms with van der Waals surface area (Å²) in [5.41, 5.74) is 2.12. The highest BCUT2D eigenvalue weighted by atomic mass is 16.6. The molecule has 0 saturated carbocycles. The maximum atomic E-state index is 10.7. The van der Waals surface area contributed by atoms with Gasteiger partial charge in [-0.25, -0.2) is 0 Å². The van der Waals surface area contributed by atoms with Crippen LogP contribution in [0, 0.1) is 10.1 Å². The van der Waals surface area contributed by atoms with Crippen molar-refractivity contribution in [2.45, 2.75) is 6.54 Å². The normalized spacial score (nSPS) is 11.4. The van der Waals surface area contributed by atoms with E-state index in [-0.39, 0.29) is 5.69 Å². The monoisotopic (exact) mass is 340 g/mol. The lowest BCUT2D eigenvalue weighted by molar-refractivity contribution is -0.384. The summed E-state index contributed by atoms with van der Waals surface area (Å²) in [5.74, 6) is 0. The minimum atomic E-state index is -0.400. The van der Waals surface area contributed by atoms with Gasteiger partial charge in [-0.15, -0.1) is 0 Å². The maximum Gasteiger partial charge on any atom is 0.269 e. The van der Waals surface area contributed by atoms with Gasteiger partial charge in [0, 0.05) is 18.3 Å². The van der Waals surface area contributed by atoms with Gasteiger partial charge < -0.3 is 0 Å². The maximum absolute atomic E-state index is 10.7. The summed E-state index contributed by atoms with van der Waals surface area (Å²) in [4.78, 5) is 14.9. The number of rotatable bonds is 4. The van der Waals surface area contributed by atoms with Crippen LogP contribution in [0.15, 0.2) is 83.9 Å². The second kappa shape index (κ2) is 6.76. The second-order valence-corrected chi connectivity index (χ2v) is 6.12. The van der Waals surface area contributed by atoms with Gasteiger partial charge in [0.05, 0.1) is 11.5 Å². The van der Waals surface area contributed by atoms with E-state index in [1.807, 2.05) is 24.3 Å². The Morgan fingerprint density at radius 1 is 0.846 bits per heavy atom. The Balaban J connectivity index is 1.70. The summed E-state index contributed by atoms with van der Waals surface area (Å²) in [6, 6.07) is 25.3. The Morgan fingerprint density at radius 2 is 1.42 bits per heavy atom. The minimum Gasteiger partial charge on any atom is -0.288 e. The van der Waals surface area contributed by atoms with E-state index >= 15 is 0 Å². The molecule has 0 amide bonds. The van der Waals surface area contributed by atoms with Crippen LogP contribution in [0.3, 0.4) is 0 Å². The fraction of sp³-hybridized carbons (Fsp3) is 0.0455. The van der Waals surface area contributed by atoms with Gasteiger partial charge in [-0.1, -0.05) is 48.5 Å². The van der Waals surface area contributed by atoms with Crippen molar-refractivity contribution in [3.05, 3.63) is 100 Å². The van der Waals surface area contributed by atoms with Crippen molar-refractivity contribution in [3.63, 3.8) is 0 Å². The van der Waals surface area contributed by atoms with E-state index in [9.17, 15) is 10.1 Å². The average Bonchev–Trinajstić information content (AvgIpc) is 2.68. The molecule has 0 aliphatic rings. The Hall–Kier alpha value is -3.53. The zero-order valence-electron chi connectivity index (χ0n) is 14.0. The first-order chi connectivity index (χ1) is 12.7. The molecule has 4 heteroatoms. The highest BCUT2D eigenvalue weighted by Gasteiger charge is 2.06. The predicted octanol–water partition coefficient (Wildman–Crippen LogP) is 5.52. The third kappa shape index (κ3) is 3.05. The number of aliphatic imine (C=N–C) groups is 1. The van der Waals surface area contributed by atoms with E-state index in [4.69, 9.17) is 0 Å². The van der Waals surface area contributed by atoms with Crippen molar-refractivity contribution < 1.29 is 4.92 Å². The number of nitrogens with zero attached hydrogens (tertiary/aromatic N) is 2. The number of benzene rings is 4. The molecule has 0 spiro atoms. The van der Waals surface area contributed by atoms with Gasteiger partial charge in [-0.2, -0.15) is 0 Å². The van der Waals surface area contributed by atoms with E-state index in [2.05, 4.69) is 35.3 Å². The SMILES string of the molecule is O=[N+]([O-])c1ccc(C=NCc2c3ccccc3cc3ccccc23)cc1. The highest BCUT2D eigenvalue weighted by molar-refractivity contribution is 6.02. The number of hydrogen-bond acceptors (Lipinski definition) is 3. The molecule has 0 aliphatic carbocycles. The number of nitro groups is 1. The van der Waals surface area contributed by atoms with E-state index < -0.39 is 4.92 Å². The van der Waals surface area contributed by atoms with Crippen molar-refractivity contribution >= 4 is 33.4 Å². The molecule has 26 heavy (non-hydrogen) atoms. The molecule has 0 fully saturated rings. The van der Waals surface area contributed by atoms with Crippen LogP contribution in [0.1, 0.15) is 11.1 Å². The molecule has 4 rings (SSSR count). The average molecular weight is 340 g/mol. The third-order valence-electron chi connectivity index (χ3n) is 4.48. The van der Waals surface area contributed by atoms with E-state index in [0.717, 1.165) is 5.56 Å². The van der Waals surface area contributed by atoms with Crippen molar-refractivity contribution in [1.82, 2.24) is 0 Å². The number of nitro benzene ring substituents is 1. The second-order valence-electron chi connectivity index (χ2n) is 6.12. The molecule has 0 N–H and O–H groups in total. The highest BCUT2D eigenvalue weighted by Crippen LogP contribution is 2.29. The van der Waals surface area contributed by atoms with Gasteiger partial charge in [0.2, 0.25) is 0 Å². The molecule has 0 aromatic heterocycles. The Bertz CT molecular complexity index is 1080. The Morgan fingerprint density at radius 3 is 2.00 bits per heavy atom. The Kier molecular flexibility index (Phi) is 4.15. The smallest absolute Gasteiger partial charge is 0.269 e. The molecule has 126 valence electrons. The Labute approximate surface area is 150 Å². The van der Waals surface area contributed by atoms with Gasteiger partial charge in [-0.05, 0) is 50.9 Å². The molecule has 0 bridgehead atoms. The molecule has 0 radical (unpaired) electrons. The van der Waals surface area contributed by atoms with Crippen LogP contribution in [-0.4, -0.2) is 11.1 Å². The van der Waals surface area contributed by atoms with Gasteiger partial charge >= 0.3 is 0 Å². The molecule has 4 aromatic rings. The van der Waals surface area contributed by atoms with Crippen molar-refractivity contribution in [3.8, 4) is 0 Å². The number of hydrogen-bond donors (Lipinski definition) is 0. The standard InChI is InChI=1S/C22H16N2O2/c25-24(26)19-11-9-16(10-12-19)14-23-15-22-20-7-3-1-5-17(20)13-18-6-2-4-8-21(18)22/h1-14H,15H2. The summed E-state index contributed by atoms with van der Waals surface area (Å²) in [6.07, 6.45) is 1.76. The summed E-state index contributed by atoms with van der Waals surface area (Å²) >= 11 is 0. The first-order valence-electron chi connectivity index (χ1n) is 8.36. The summed E-state index contributed by atoms with van der Waals surface area (Å²) in [5, 5.41) is 15.5. The van der Waals surface area contributed by atoms with Gasteiger partial charge in [0.1, 0.15) is 0 Å². The quantitative estimate of drug-likeness (QED) is 0.212. The molecular weight excluding hydrogens is 324 g/mol. The molecule has 0 aliphatic heterocycles. The molecule has 4 aromatic carbocycles. The topological polar surface area (TPSA) is 55.5 Å². The lowest BCUT2D eigenvalue weighted by Gasteiger charge is -2.09. The number of fused-ring (bicyclic) bond motifs is 2. The van der Waals surface area contributed by atoms with E-state index in [1.54, 1.807) is 18.3 Å². The lowest BCUT2D eigenvalue weighted by Crippen LogP contribution is -1.91. The summed E-state index contributed by atoms with van der Waals surface area (Å²) in [6.45, 7) is 0.554. The fourth-order valence-electron chi connectivity index (χ4n) is 3.20. The van der Waals surface area contributed by atoms with E-state index in [0.29, 0.717) is 6.54 Å². The van der Waals surface area contributed by atoms with Crippen LogP contribution in [0.25, 0.3) is 21.5 Å².